The summed E-state index contributed by atoms with van der Waals surface area (Å²) in [4.78, 5) is 31.6. The summed E-state index contributed by atoms with van der Waals surface area (Å²) in [5, 5.41) is 7.02. The maximum absolute atomic E-state index is 14.0. The summed E-state index contributed by atoms with van der Waals surface area (Å²) in [6.45, 7) is 18.0. The van der Waals surface area contributed by atoms with Crippen LogP contribution < -0.4 is 21.9 Å². The van der Waals surface area contributed by atoms with Gasteiger partial charge in [-0.2, -0.15) is 0 Å². The van der Waals surface area contributed by atoms with E-state index in [9.17, 15) is 9.18 Å². The average Bonchev–Trinajstić information content (AvgIpc) is 3.29. The fourth-order valence-electron chi connectivity index (χ4n) is 4.62. The van der Waals surface area contributed by atoms with Crippen molar-refractivity contribution in [2.75, 3.05) is 12.4 Å². The number of amides is 1. The van der Waals surface area contributed by atoms with Crippen LogP contribution in [-0.4, -0.2) is 39.5 Å². The molecule has 0 aliphatic heterocycles. The Balaban J connectivity index is 0.00000169. The van der Waals surface area contributed by atoms with E-state index in [2.05, 4.69) is 34.5 Å². The van der Waals surface area contributed by atoms with E-state index in [1.54, 1.807) is 16.8 Å². The zero-order valence-corrected chi connectivity index (χ0v) is 26.1. The largest absolute Gasteiger partial charge is 0.372 e. The van der Waals surface area contributed by atoms with Crippen LogP contribution in [-0.2, 0) is 11.3 Å². The number of rotatable bonds is 9. The summed E-state index contributed by atoms with van der Waals surface area (Å²) in [6, 6.07) is 12.6. The van der Waals surface area contributed by atoms with Crippen LogP contribution in [0.1, 0.15) is 31.9 Å². The van der Waals surface area contributed by atoms with E-state index < -0.39 is 0 Å². The van der Waals surface area contributed by atoms with Crippen molar-refractivity contribution in [3.05, 3.63) is 118 Å². The summed E-state index contributed by atoms with van der Waals surface area (Å²) >= 11 is 0. The number of carbonyl (C=O) groups excluding carboxylic acids is 1. The summed E-state index contributed by atoms with van der Waals surface area (Å²) in [5.74, 6) is 0.528. The highest BCUT2D eigenvalue weighted by Crippen LogP contribution is 2.24. The average molecular weight is 598 g/mol. The zero-order valence-electron chi connectivity index (χ0n) is 26.1. The highest BCUT2D eigenvalue weighted by atomic mass is 19.1. The first-order valence-electron chi connectivity index (χ1n) is 14.0. The van der Waals surface area contributed by atoms with Gasteiger partial charge in [0.05, 0.1) is 17.4 Å². The lowest BCUT2D eigenvalue weighted by atomic mass is 10.1. The first-order valence-corrected chi connectivity index (χ1v) is 14.0. The molecule has 1 atom stereocenters. The molecule has 0 radical (unpaired) electrons. The van der Waals surface area contributed by atoms with Crippen molar-refractivity contribution in [2.24, 2.45) is 10.7 Å². The number of carbonyl (C=O) groups is 1. The van der Waals surface area contributed by atoms with E-state index in [1.165, 1.54) is 12.1 Å². The van der Waals surface area contributed by atoms with Crippen molar-refractivity contribution < 1.29 is 9.18 Å². The number of nitrogens with two attached hydrogens (primary N) is 1. The molecule has 230 valence electrons. The molecule has 0 aliphatic rings. The third-order valence-corrected chi connectivity index (χ3v) is 6.90. The smallest absolute Gasteiger partial charge is 0.294 e. The number of fused-ring (bicyclic) bond motifs is 1. The molecule has 0 aliphatic carbocycles. The molecule has 9 nitrogen and oxygen atoms in total. The molecule has 2 aromatic carbocycles. The van der Waals surface area contributed by atoms with Gasteiger partial charge in [0.15, 0.2) is 5.82 Å². The van der Waals surface area contributed by atoms with Crippen LogP contribution in [0.25, 0.3) is 22.2 Å². The minimum absolute atomic E-state index is 0.0584. The summed E-state index contributed by atoms with van der Waals surface area (Å²) in [5.41, 5.74) is 10.5. The van der Waals surface area contributed by atoms with E-state index >= 15 is 0 Å². The summed E-state index contributed by atoms with van der Waals surface area (Å²) < 4.78 is 17.6. The molecular formula is C34H40FN7O2. The predicted molar refractivity (Wildman–Crippen MR) is 178 cm³/mol. The molecule has 0 fully saturated rings. The Hall–Kier alpha value is -5.09. The predicted octanol–water partition coefficient (Wildman–Crippen LogP) is 5.68. The van der Waals surface area contributed by atoms with Gasteiger partial charge in [-0.25, -0.2) is 14.4 Å². The molecule has 0 saturated carbocycles. The molecule has 4 rings (SSSR count). The van der Waals surface area contributed by atoms with Crippen molar-refractivity contribution >= 4 is 29.0 Å². The number of hydrogen-bond donors (Lipinski definition) is 3. The van der Waals surface area contributed by atoms with Gasteiger partial charge in [-0.15, -0.1) is 0 Å². The van der Waals surface area contributed by atoms with Crippen molar-refractivity contribution in [1.29, 1.82) is 0 Å². The molecule has 0 saturated heterocycles. The maximum atomic E-state index is 14.0. The van der Waals surface area contributed by atoms with Crippen LogP contribution in [0.4, 0.5) is 10.2 Å². The van der Waals surface area contributed by atoms with Crippen molar-refractivity contribution in [2.45, 2.75) is 47.2 Å². The van der Waals surface area contributed by atoms with Crippen LogP contribution in [0.2, 0.25) is 0 Å². The molecule has 2 heterocycles. The van der Waals surface area contributed by atoms with Crippen LogP contribution in [0.3, 0.4) is 0 Å². The Morgan fingerprint density at radius 1 is 1.18 bits per heavy atom. The van der Waals surface area contributed by atoms with Gasteiger partial charge in [0, 0.05) is 41.1 Å². The Labute approximate surface area is 257 Å². The van der Waals surface area contributed by atoms with E-state index in [1.807, 2.05) is 82.8 Å². The van der Waals surface area contributed by atoms with E-state index in [0.29, 0.717) is 22.9 Å². The van der Waals surface area contributed by atoms with E-state index in [0.717, 1.165) is 33.2 Å². The summed E-state index contributed by atoms with van der Waals surface area (Å²) in [7, 11) is 1.83. The number of halogens is 1. The number of aryl methyl sites for hydroxylation is 2. The molecule has 0 bridgehead atoms. The molecule has 10 heteroatoms. The molecular weight excluding hydrogens is 557 g/mol. The minimum Gasteiger partial charge on any atom is -0.372 e. The SMILES string of the molecule is C=C(C)N=C(/C=C(\C)Cn1c(-c2cccc(C)c2)cnc(NC(=C)[C@H](C)NC)c1=O)n1cc(C)c2cc(F)ccc21.NC=O. The lowest BCUT2D eigenvalue weighted by molar-refractivity contribution is -0.106. The van der Waals surface area contributed by atoms with E-state index in [-0.39, 0.29) is 36.2 Å². The molecule has 4 N–H and O–H groups in total. The number of nitrogens with one attached hydrogen (secondary N) is 2. The number of nitrogens with zero attached hydrogens (tertiary/aromatic N) is 4. The molecule has 4 aromatic rings. The Bertz CT molecular complexity index is 1810. The van der Waals surface area contributed by atoms with Gasteiger partial charge in [-0.3, -0.25) is 14.2 Å². The van der Waals surface area contributed by atoms with Crippen molar-refractivity contribution in [3.63, 3.8) is 0 Å². The second kappa shape index (κ2) is 14.9. The normalized spacial score (nSPS) is 12.3. The quantitative estimate of drug-likeness (QED) is 0.130. The van der Waals surface area contributed by atoms with Gasteiger partial charge in [0.1, 0.15) is 11.7 Å². The Kier molecular flexibility index (Phi) is 11.3. The number of primary amides is 1. The van der Waals surface area contributed by atoms with Gasteiger partial charge < -0.3 is 20.9 Å². The number of benzene rings is 2. The maximum Gasteiger partial charge on any atom is 0.294 e. The third-order valence-electron chi connectivity index (χ3n) is 6.90. The topological polar surface area (TPSA) is 119 Å². The molecule has 44 heavy (non-hydrogen) atoms. The van der Waals surface area contributed by atoms with Crippen molar-refractivity contribution in [1.82, 2.24) is 19.4 Å². The van der Waals surface area contributed by atoms with Gasteiger partial charge in [0.25, 0.3) is 5.56 Å². The first kappa shape index (κ1) is 33.4. The van der Waals surface area contributed by atoms with Gasteiger partial charge in [-0.1, -0.05) is 36.9 Å². The lowest BCUT2D eigenvalue weighted by Crippen LogP contribution is -2.31. The second-order valence-electron chi connectivity index (χ2n) is 10.6. The van der Waals surface area contributed by atoms with Gasteiger partial charge in [0.2, 0.25) is 6.41 Å². The lowest BCUT2D eigenvalue weighted by Gasteiger charge is -2.18. The summed E-state index contributed by atoms with van der Waals surface area (Å²) in [6.07, 6.45) is 5.82. The van der Waals surface area contributed by atoms with Crippen LogP contribution in [0.5, 0.6) is 0 Å². The number of aromatic nitrogens is 3. The van der Waals surface area contributed by atoms with Gasteiger partial charge in [-0.05, 0) is 83.1 Å². The molecule has 0 unspecified atom stereocenters. The fourth-order valence-corrected chi connectivity index (χ4v) is 4.62. The Morgan fingerprint density at radius 2 is 1.89 bits per heavy atom. The molecule has 2 aromatic heterocycles. The monoisotopic (exact) mass is 597 g/mol. The number of anilines is 1. The van der Waals surface area contributed by atoms with Crippen LogP contribution >= 0.6 is 0 Å². The minimum atomic E-state index is -0.291. The highest BCUT2D eigenvalue weighted by Gasteiger charge is 2.16. The molecule has 1 amide bonds. The van der Waals surface area contributed by atoms with E-state index in [4.69, 9.17) is 9.79 Å². The second-order valence-corrected chi connectivity index (χ2v) is 10.6. The highest BCUT2D eigenvalue weighted by molar-refractivity contribution is 6.03. The number of hydrogen-bond acceptors (Lipinski definition) is 6. The van der Waals surface area contributed by atoms with Crippen molar-refractivity contribution in [3.8, 4) is 11.3 Å². The number of allylic oxidation sites excluding steroid dienone is 3. The first-order chi connectivity index (χ1) is 20.9. The standard InChI is InChI=1S/C33H37FN6O.CH3NO/c1-20(2)37-31(39-19-23(5)28-16-27(34)12-13-29(28)39)15-22(4)18-40-30(26-11-9-10-21(3)14-26)17-36-32(33(40)41)38-25(7)24(6)35-8;2-1-3/h9-17,19,24,35H,1,7,18H2,2-6,8H3,(H,36,38);1H,(H2,2,3)/b22-15+,37-31?;/t24-;/m0./s1. The molecule has 0 spiro atoms. The third kappa shape index (κ3) is 8.05. The van der Waals surface area contributed by atoms with Crippen LogP contribution in [0, 0.1) is 19.7 Å². The zero-order chi connectivity index (χ0) is 32.6. The van der Waals surface area contributed by atoms with Gasteiger partial charge >= 0.3 is 0 Å². The van der Waals surface area contributed by atoms with Crippen LogP contribution in [0.15, 0.2) is 101 Å². The number of aliphatic imine (C=N–C) groups is 1. The Morgan fingerprint density at radius 3 is 2.52 bits per heavy atom. The fraction of sp³-hybridized carbons (Fsp3) is 0.235. The number of likely N-dealkylation sites (N-methyl/N-ethyl adjacent to an activating group) is 1.